The molecule has 0 bridgehead atoms. The second kappa shape index (κ2) is 4.77. The predicted molar refractivity (Wildman–Crippen MR) is 81.0 cm³/mol. The third kappa shape index (κ3) is 2.24. The minimum Gasteiger partial charge on any atom is -0.316 e. The van der Waals surface area contributed by atoms with E-state index in [0.29, 0.717) is 0 Å². The minimum absolute atomic E-state index is 0.284. The molecule has 0 radical (unpaired) electrons. The Labute approximate surface area is 116 Å². The first-order valence-corrected chi connectivity index (χ1v) is 7.28. The molecule has 2 saturated heterocycles. The highest BCUT2D eigenvalue weighted by molar-refractivity contribution is 5.64. The van der Waals surface area contributed by atoms with Crippen molar-refractivity contribution in [3.63, 3.8) is 0 Å². The second-order valence-electron chi connectivity index (χ2n) is 6.53. The van der Waals surface area contributed by atoms with E-state index in [-0.39, 0.29) is 5.54 Å². The Morgan fingerprint density at radius 2 is 2.05 bits per heavy atom. The molecule has 0 saturated carbocycles. The lowest BCUT2D eigenvalue weighted by molar-refractivity contribution is 0.158. The van der Waals surface area contributed by atoms with Crippen LogP contribution in [0.4, 0.5) is 0 Å². The van der Waals surface area contributed by atoms with Gasteiger partial charge in [0.2, 0.25) is 0 Å². The van der Waals surface area contributed by atoms with Crippen molar-refractivity contribution in [2.75, 3.05) is 26.2 Å². The number of likely N-dealkylation sites (tertiary alicyclic amines) is 1. The lowest BCUT2D eigenvalue weighted by atomic mass is 9.84. The van der Waals surface area contributed by atoms with E-state index in [4.69, 9.17) is 0 Å². The SMILES string of the molecule is C=C(CN1CC2CNCC2C1(C)C)c1ccccc1. The molecule has 1 N–H and O–H groups in total. The Bertz CT molecular complexity index is 463. The van der Waals surface area contributed by atoms with Crippen molar-refractivity contribution in [2.24, 2.45) is 11.8 Å². The maximum Gasteiger partial charge on any atom is 0.0239 e. The standard InChI is InChI=1S/C17H24N2/c1-13(14-7-5-4-6-8-14)11-19-12-15-9-18-10-16(15)17(19,2)3/h4-8,15-16,18H,1,9-12H2,2-3H3. The zero-order chi connectivity index (χ0) is 13.5. The van der Waals surface area contributed by atoms with Gasteiger partial charge in [-0.25, -0.2) is 0 Å². The molecule has 102 valence electrons. The maximum absolute atomic E-state index is 4.29. The Balaban J connectivity index is 1.72. The first-order valence-electron chi connectivity index (χ1n) is 7.28. The number of hydrogen-bond donors (Lipinski definition) is 1. The van der Waals surface area contributed by atoms with Crippen LogP contribution in [-0.2, 0) is 0 Å². The molecule has 2 aliphatic heterocycles. The lowest BCUT2D eigenvalue weighted by Gasteiger charge is -2.36. The molecule has 2 atom stereocenters. The van der Waals surface area contributed by atoms with Crippen LogP contribution in [0.3, 0.4) is 0 Å². The van der Waals surface area contributed by atoms with Crippen molar-refractivity contribution in [3.05, 3.63) is 42.5 Å². The number of nitrogens with zero attached hydrogens (tertiary/aromatic N) is 1. The molecular weight excluding hydrogens is 232 g/mol. The van der Waals surface area contributed by atoms with Gasteiger partial charge in [-0.2, -0.15) is 0 Å². The topological polar surface area (TPSA) is 15.3 Å². The summed E-state index contributed by atoms with van der Waals surface area (Å²) in [4.78, 5) is 2.62. The van der Waals surface area contributed by atoms with Gasteiger partial charge >= 0.3 is 0 Å². The highest BCUT2D eigenvalue weighted by Gasteiger charge is 2.49. The number of nitrogens with one attached hydrogen (secondary N) is 1. The van der Waals surface area contributed by atoms with Crippen molar-refractivity contribution in [1.29, 1.82) is 0 Å². The average Bonchev–Trinajstić information content (AvgIpc) is 2.95. The summed E-state index contributed by atoms with van der Waals surface area (Å²) in [6.07, 6.45) is 0. The summed E-state index contributed by atoms with van der Waals surface area (Å²) in [5.41, 5.74) is 2.79. The molecule has 2 nitrogen and oxygen atoms in total. The first-order chi connectivity index (χ1) is 9.09. The third-order valence-corrected chi connectivity index (χ3v) is 5.08. The molecule has 1 aromatic carbocycles. The predicted octanol–water partition coefficient (Wildman–Crippen LogP) is 2.63. The second-order valence-corrected chi connectivity index (χ2v) is 6.53. The van der Waals surface area contributed by atoms with Crippen molar-refractivity contribution >= 4 is 5.57 Å². The van der Waals surface area contributed by atoms with Crippen molar-refractivity contribution in [1.82, 2.24) is 10.2 Å². The van der Waals surface area contributed by atoms with Gasteiger partial charge < -0.3 is 5.32 Å². The molecule has 1 aromatic rings. The fraction of sp³-hybridized carbons (Fsp3) is 0.529. The van der Waals surface area contributed by atoms with E-state index in [1.54, 1.807) is 0 Å². The van der Waals surface area contributed by atoms with Crippen LogP contribution in [0.1, 0.15) is 19.4 Å². The Hall–Kier alpha value is -1.12. The summed E-state index contributed by atoms with van der Waals surface area (Å²) >= 11 is 0. The maximum atomic E-state index is 4.29. The van der Waals surface area contributed by atoms with Crippen molar-refractivity contribution in [2.45, 2.75) is 19.4 Å². The zero-order valence-electron chi connectivity index (χ0n) is 12.0. The van der Waals surface area contributed by atoms with Crippen LogP contribution in [0.25, 0.3) is 5.57 Å². The highest BCUT2D eigenvalue weighted by Crippen LogP contribution is 2.41. The normalized spacial score (nSPS) is 29.4. The monoisotopic (exact) mass is 256 g/mol. The molecule has 19 heavy (non-hydrogen) atoms. The largest absolute Gasteiger partial charge is 0.316 e. The smallest absolute Gasteiger partial charge is 0.0239 e. The van der Waals surface area contributed by atoms with Crippen LogP contribution < -0.4 is 5.32 Å². The van der Waals surface area contributed by atoms with Crippen LogP contribution >= 0.6 is 0 Å². The molecular formula is C17H24N2. The zero-order valence-corrected chi connectivity index (χ0v) is 12.0. The fourth-order valence-corrected chi connectivity index (χ4v) is 3.77. The van der Waals surface area contributed by atoms with Crippen molar-refractivity contribution < 1.29 is 0 Å². The lowest BCUT2D eigenvalue weighted by Crippen LogP contribution is -2.45. The summed E-state index contributed by atoms with van der Waals surface area (Å²) in [5.74, 6) is 1.61. The number of fused-ring (bicyclic) bond motifs is 1. The Morgan fingerprint density at radius 3 is 2.74 bits per heavy atom. The number of hydrogen-bond acceptors (Lipinski definition) is 2. The van der Waals surface area contributed by atoms with Gasteiger partial charge in [-0.05, 0) is 43.4 Å². The summed E-state index contributed by atoms with van der Waals surface area (Å²) < 4.78 is 0. The van der Waals surface area contributed by atoms with E-state index in [0.717, 1.165) is 18.4 Å². The van der Waals surface area contributed by atoms with Gasteiger partial charge in [-0.1, -0.05) is 36.9 Å². The molecule has 2 aliphatic rings. The van der Waals surface area contributed by atoms with E-state index in [1.807, 2.05) is 0 Å². The minimum atomic E-state index is 0.284. The van der Waals surface area contributed by atoms with E-state index in [9.17, 15) is 0 Å². The van der Waals surface area contributed by atoms with Crippen LogP contribution in [0.5, 0.6) is 0 Å². The van der Waals surface area contributed by atoms with Crippen molar-refractivity contribution in [3.8, 4) is 0 Å². The van der Waals surface area contributed by atoms with Crippen LogP contribution in [0, 0.1) is 11.8 Å². The third-order valence-electron chi connectivity index (χ3n) is 5.08. The fourth-order valence-electron chi connectivity index (χ4n) is 3.77. The van der Waals surface area contributed by atoms with Gasteiger partial charge in [0.25, 0.3) is 0 Å². The molecule has 0 aromatic heterocycles. The molecule has 2 heteroatoms. The van der Waals surface area contributed by atoms with Gasteiger partial charge in [0, 0.05) is 25.2 Å². The highest BCUT2D eigenvalue weighted by atomic mass is 15.2. The quantitative estimate of drug-likeness (QED) is 0.894. The van der Waals surface area contributed by atoms with Gasteiger partial charge in [-0.15, -0.1) is 0 Å². The van der Waals surface area contributed by atoms with Crippen LogP contribution in [0.15, 0.2) is 36.9 Å². The molecule has 2 fully saturated rings. The van der Waals surface area contributed by atoms with E-state index in [1.165, 1.54) is 30.8 Å². The average molecular weight is 256 g/mol. The molecule has 3 rings (SSSR count). The molecule has 0 amide bonds. The van der Waals surface area contributed by atoms with Gasteiger partial charge in [0.15, 0.2) is 0 Å². The van der Waals surface area contributed by atoms with E-state index >= 15 is 0 Å². The summed E-state index contributed by atoms with van der Waals surface area (Å²) in [5, 5.41) is 3.54. The van der Waals surface area contributed by atoms with E-state index < -0.39 is 0 Å². The van der Waals surface area contributed by atoms with Gasteiger partial charge in [0.05, 0.1) is 0 Å². The molecule has 2 heterocycles. The molecule has 0 spiro atoms. The Kier molecular flexibility index (Phi) is 3.23. The Morgan fingerprint density at radius 1 is 1.32 bits per heavy atom. The number of benzene rings is 1. The first kappa shape index (κ1) is 12.9. The van der Waals surface area contributed by atoms with Crippen LogP contribution in [0.2, 0.25) is 0 Å². The van der Waals surface area contributed by atoms with Gasteiger partial charge in [-0.3, -0.25) is 4.90 Å². The van der Waals surface area contributed by atoms with Gasteiger partial charge in [0.1, 0.15) is 0 Å². The molecule has 0 aliphatic carbocycles. The summed E-state index contributed by atoms with van der Waals surface area (Å²) in [7, 11) is 0. The summed E-state index contributed by atoms with van der Waals surface area (Å²) in [6, 6.07) is 10.6. The van der Waals surface area contributed by atoms with Crippen LogP contribution in [-0.4, -0.2) is 36.6 Å². The molecule has 2 unspecified atom stereocenters. The number of rotatable bonds is 3. The summed E-state index contributed by atoms with van der Waals surface area (Å²) in [6.45, 7) is 13.6. The van der Waals surface area contributed by atoms with E-state index in [2.05, 4.69) is 61.0 Å².